The topological polar surface area (TPSA) is 59.8 Å². The van der Waals surface area contributed by atoms with Crippen LogP contribution in [0.15, 0.2) is 36.8 Å². The summed E-state index contributed by atoms with van der Waals surface area (Å²) in [6.45, 7) is 8.62. The molecule has 2 aliphatic rings. The number of ether oxygens (including phenoxy) is 2. The van der Waals surface area contributed by atoms with Gasteiger partial charge in [-0.2, -0.15) is 0 Å². The molecule has 2 fully saturated rings. The van der Waals surface area contributed by atoms with Crippen LogP contribution in [0.2, 0.25) is 0 Å². The minimum atomic E-state index is -0.425. The fraction of sp³-hybridized carbons (Fsp3) is 0.583. The molecule has 1 spiro atoms. The highest BCUT2D eigenvalue weighted by atomic mass is 16.5. The molecule has 7 nitrogen and oxygen atoms in total. The fourth-order valence-electron chi connectivity index (χ4n) is 5.14. The van der Waals surface area contributed by atoms with Gasteiger partial charge in [0.1, 0.15) is 5.75 Å². The summed E-state index contributed by atoms with van der Waals surface area (Å²) in [5.41, 5.74) is 1.75. The monoisotopic (exact) mass is 426 g/mol. The van der Waals surface area contributed by atoms with Gasteiger partial charge in [0, 0.05) is 63.6 Å². The number of aromatic nitrogens is 2. The Balaban J connectivity index is 1.63. The highest BCUT2D eigenvalue weighted by molar-refractivity contribution is 5.86. The van der Waals surface area contributed by atoms with Crippen molar-refractivity contribution in [3.8, 4) is 5.75 Å². The number of hydrogen-bond acceptors (Lipinski definition) is 5. The van der Waals surface area contributed by atoms with Crippen molar-refractivity contribution in [1.82, 2.24) is 19.4 Å². The molecule has 31 heavy (non-hydrogen) atoms. The van der Waals surface area contributed by atoms with E-state index in [2.05, 4.69) is 35.6 Å². The van der Waals surface area contributed by atoms with Crippen molar-refractivity contribution in [2.45, 2.75) is 38.8 Å². The minimum Gasteiger partial charge on any atom is -0.496 e. The lowest BCUT2D eigenvalue weighted by Gasteiger charge is -2.28. The third-order valence-corrected chi connectivity index (χ3v) is 6.88. The molecule has 0 N–H and O–H groups in total. The van der Waals surface area contributed by atoms with Crippen LogP contribution in [0, 0.1) is 5.41 Å². The molecule has 0 bridgehead atoms. The van der Waals surface area contributed by atoms with E-state index in [1.54, 1.807) is 14.2 Å². The first-order chi connectivity index (χ1) is 15.0. The van der Waals surface area contributed by atoms with Crippen molar-refractivity contribution in [2.75, 3.05) is 47.0 Å². The average Bonchev–Trinajstić information content (AvgIpc) is 3.46. The van der Waals surface area contributed by atoms with Gasteiger partial charge in [0.25, 0.3) is 0 Å². The van der Waals surface area contributed by atoms with Gasteiger partial charge in [0.2, 0.25) is 5.91 Å². The van der Waals surface area contributed by atoms with E-state index in [0.29, 0.717) is 19.2 Å². The Labute approximate surface area is 184 Å². The average molecular weight is 427 g/mol. The standard InChI is InChI=1S/C24H34N4O3/c1-18(2)28-15-21(25-17-28)20-14-26(13-19-7-5-6-8-22(19)31-4)16-24(20)9-10-27(23(24)29)11-12-30-3/h5-8,15,17-18,20H,9-14,16H2,1-4H3/t20-,24+/m0/s1. The zero-order valence-electron chi connectivity index (χ0n) is 19.1. The second-order valence-corrected chi connectivity index (χ2v) is 9.06. The van der Waals surface area contributed by atoms with Gasteiger partial charge in [-0.3, -0.25) is 9.69 Å². The van der Waals surface area contributed by atoms with Gasteiger partial charge >= 0.3 is 0 Å². The lowest BCUT2D eigenvalue weighted by atomic mass is 9.75. The number of benzene rings is 1. The van der Waals surface area contributed by atoms with Crippen molar-refractivity contribution >= 4 is 5.91 Å². The third kappa shape index (κ3) is 4.08. The first-order valence-corrected chi connectivity index (χ1v) is 11.1. The third-order valence-electron chi connectivity index (χ3n) is 6.88. The van der Waals surface area contributed by atoms with Crippen LogP contribution in [0.4, 0.5) is 0 Å². The molecule has 3 heterocycles. The molecule has 1 amide bonds. The van der Waals surface area contributed by atoms with E-state index in [4.69, 9.17) is 14.5 Å². The van der Waals surface area contributed by atoms with Gasteiger partial charge in [-0.15, -0.1) is 0 Å². The molecule has 0 saturated carbocycles. The molecule has 7 heteroatoms. The van der Waals surface area contributed by atoms with E-state index >= 15 is 0 Å². The summed E-state index contributed by atoms with van der Waals surface area (Å²) in [6, 6.07) is 8.48. The number of methoxy groups -OCH3 is 2. The molecule has 2 saturated heterocycles. The first kappa shape index (κ1) is 21.8. The highest BCUT2D eigenvalue weighted by Crippen LogP contribution is 2.50. The second-order valence-electron chi connectivity index (χ2n) is 9.06. The molecule has 2 aromatic rings. The molecule has 2 aliphatic heterocycles. The van der Waals surface area contributed by atoms with Gasteiger partial charge < -0.3 is 18.9 Å². The van der Waals surface area contributed by atoms with E-state index in [-0.39, 0.29) is 11.8 Å². The largest absolute Gasteiger partial charge is 0.496 e. The van der Waals surface area contributed by atoms with E-state index in [9.17, 15) is 4.79 Å². The number of amides is 1. The number of nitrogens with zero attached hydrogens (tertiary/aromatic N) is 4. The minimum absolute atomic E-state index is 0.0854. The molecule has 168 valence electrons. The summed E-state index contributed by atoms with van der Waals surface area (Å²) in [5, 5.41) is 0. The Hall–Kier alpha value is -2.38. The number of likely N-dealkylation sites (tertiary alicyclic amines) is 2. The number of para-hydroxylation sites is 1. The SMILES string of the molecule is COCCN1CC[C@]2(CN(Cc3ccccc3OC)C[C@H]2c2cn(C(C)C)cn2)C1=O. The van der Waals surface area contributed by atoms with Gasteiger partial charge in [0.15, 0.2) is 0 Å². The van der Waals surface area contributed by atoms with Crippen LogP contribution in [0.1, 0.15) is 43.5 Å². The van der Waals surface area contributed by atoms with E-state index in [1.165, 1.54) is 0 Å². The summed E-state index contributed by atoms with van der Waals surface area (Å²) in [5.74, 6) is 1.22. The van der Waals surface area contributed by atoms with E-state index in [0.717, 1.165) is 49.6 Å². The molecule has 0 radical (unpaired) electrons. The Kier molecular flexibility index (Phi) is 6.34. The van der Waals surface area contributed by atoms with Crippen molar-refractivity contribution in [3.05, 3.63) is 48.0 Å². The summed E-state index contributed by atoms with van der Waals surface area (Å²) in [7, 11) is 3.39. The summed E-state index contributed by atoms with van der Waals surface area (Å²) in [6.07, 6.45) is 4.89. The molecular weight excluding hydrogens is 392 g/mol. The van der Waals surface area contributed by atoms with Gasteiger partial charge in [-0.25, -0.2) is 4.98 Å². The number of rotatable bonds is 8. The highest BCUT2D eigenvalue weighted by Gasteiger charge is 2.57. The smallest absolute Gasteiger partial charge is 0.230 e. The Morgan fingerprint density at radius 2 is 2.06 bits per heavy atom. The lowest BCUT2D eigenvalue weighted by Crippen LogP contribution is -2.40. The fourth-order valence-corrected chi connectivity index (χ4v) is 5.14. The number of carbonyl (C=O) groups is 1. The van der Waals surface area contributed by atoms with Gasteiger partial charge in [-0.05, 0) is 26.3 Å². The zero-order chi connectivity index (χ0) is 22.0. The Bertz CT molecular complexity index is 912. The normalized spacial score (nSPS) is 24.1. The molecule has 0 unspecified atom stereocenters. The number of imidazole rings is 1. The molecule has 0 aliphatic carbocycles. The zero-order valence-corrected chi connectivity index (χ0v) is 19.1. The van der Waals surface area contributed by atoms with Crippen molar-refractivity contribution < 1.29 is 14.3 Å². The van der Waals surface area contributed by atoms with E-state index < -0.39 is 5.41 Å². The maximum atomic E-state index is 13.7. The molecule has 2 atom stereocenters. The molecule has 1 aromatic carbocycles. The summed E-state index contributed by atoms with van der Waals surface area (Å²) >= 11 is 0. The van der Waals surface area contributed by atoms with Gasteiger partial charge in [0.05, 0.1) is 31.2 Å². The van der Waals surface area contributed by atoms with Crippen molar-refractivity contribution in [2.24, 2.45) is 5.41 Å². The van der Waals surface area contributed by atoms with E-state index in [1.807, 2.05) is 29.4 Å². The van der Waals surface area contributed by atoms with Crippen LogP contribution in [-0.2, 0) is 16.1 Å². The van der Waals surface area contributed by atoms with Crippen LogP contribution in [0.5, 0.6) is 5.75 Å². The van der Waals surface area contributed by atoms with Crippen LogP contribution in [0.3, 0.4) is 0 Å². The molecule has 4 rings (SSSR count). The maximum absolute atomic E-state index is 13.7. The lowest BCUT2D eigenvalue weighted by molar-refractivity contribution is -0.136. The summed E-state index contributed by atoms with van der Waals surface area (Å²) < 4.78 is 12.9. The second kappa shape index (κ2) is 9.01. The summed E-state index contributed by atoms with van der Waals surface area (Å²) in [4.78, 5) is 22.8. The number of hydrogen-bond donors (Lipinski definition) is 0. The van der Waals surface area contributed by atoms with Crippen molar-refractivity contribution in [3.63, 3.8) is 0 Å². The maximum Gasteiger partial charge on any atom is 0.230 e. The van der Waals surface area contributed by atoms with Crippen LogP contribution in [-0.4, -0.2) is 72.3 Å². The van der Waals surface area contributed by atoms with Crippen LogP contribution >= 0.6 is 0 Å². The molecular formula is C24H34N4O3. The first-order valence-electron chi connectivity index (χ1n) is 11.1. The van der Waals surface area contributed by atoms with Crippen LogP contribution < -0.4 is 4.74 Å². The van der Waals surface area contributed by atoms with Gasteiger partial charge in [-0.1, -0.05) is 18.2 Å². The van der Waals surface area contributed by atoms with Crippen molar-refractivity contribution in [1.29, 1.82) is 0 Å². The predicted molar refractivity (Wildman–Crippen MR) is 119 cm³/mol. The number of carbonyl (C=O) groups excluding carboxylic acids is 1. The quantitative estimate of drug-likeness (QED) is 0.650. The van der Waals surface area contributed by atoms with Crippen LogP contribution in [0.25, 0.3) is 0 Å². The molecule has 1 aromatic heterocycles. The predicted octanol–water partition coefficient (Wildman–Crippen LogP) is 2.94. The Morgan fingerprint density at radius 3 is 2.77 bits per heavy atom. The Morgan fingerprint density at radius 1 is 1.26 bits per heavy atom.